The minimum Gasteiger partial charge on any atom is -0.460 e. The Balaban J connectivity index is 2.30. The summed E-state index contributed by atoms with van der Waals surface area (Å²) in [5.74, 6) is -0.456. The Morgan fingerprint density at radius 3 is 2.67 bits per heavy atom. The van der Waals surface area contributed by atoms with Gasteiger partial charge in [-0.15, -0.1) is 0 Å². The van der Waals surface area contributed by atoms with Crippen molar-refractivity contribution in [1.82, 2.24) is 10.3 Å². The van der Waals surface area contributed by atoms with E-state index >= 15 is 0 Å². The first kappa shape index (κ1) is 21.2. The van der Waals surface area contributed by atoms with Gasteiger partial charge in [0.05, 0.1) is 18.2 Å². The average Bonchev–Trinajstić information content (AvgIpc) is 2.96. The fourth-order valence-corrected chi connectivity index (χ4v) is 3.18. The highest BCUT2D eigenvalue weighted by Gasteiger charge is 2.42. The lowest BCUT2D eigenvalue weighted by Crippen LogP contribution is -2.48. The van der Waals surface area contributed by atoms with E-state index in [2.05, 4.69) is 10.3 Å². The highest BCUT2D eigenvalue weighted by Crippen LogP contribution is 2.31. The second-order valence-electron chi connectivity index (χ2n) is 7.95. The van der Waals surface area contributed by atoms with Crippen LogP contribution in [0.4, 0.5) is 5.82 Å². The predicted octanol–water partition coefficient (Wildman–Crippen LogP) is 2.75. The third kappa shape index (κ3) is 5.42. The number of pyridine rings is 1. The lowest BCUT2D eigenvalue weighted by molar-refractivity contribution is -0.160. The molecule has 2 rings (SSSR count). The third-order valence-corrected chi connectivity index (χ3v) is 4.14. The first-order valence-electron chi connectivity index (χ1n) is 9.53. The van der Waals surface area contributed by atoms with Crippen LogP contribution in [0.25, 0.3) is 0 Å². The zero-order valence-electron chi connectivity index (χ0n) is 17.1. The summed E-state index contributed by atoms with van der Waals surface area (Å²) in [6.07, 6.45) is 1.76. The molecule has 0 spiro atoms. The largest absolute Gasteiger partial charge is 0.460 e. The number of nitrogens with zero attached hydrogens (tertiary/aromatic N) is 2. The topological polar surface area (TPSA) is 80.8 Å². The molecule has 7 nitrogen and oxygen atoms in total. The van der Waals surface area contributed by atoms with E-state index in [1.807, 2.05) is 46.4 Å². The van der Waals surface area contributed by atoms with Crippen molar-refractivity contribution >= 4 is 17.8 Å². The molecule has 1 aliphatic heterocycles. The Kier molecular flexibility index (Phi) is 6.81. The lowest BCUT2D eigenvalue weighted by atomic mass is 10.1. The number of hydrogen-bond donors (Lipinski definition) is 1. The maximum absolute atomic E-state index is 12.7. The van der Waals surface area contributed by atoms with Crippen molar-refractivity contribution in [2.75, 3.05) is 18.0 Å². The number of hydrogen-bond acceptors (Lipinski definition) is 7. The molecule has 0 aliphatic carbocycles. The first-order chi connectivity index (χ1) is 12.6. The molecular formula is C20H31N3O4. The number of carbonyl (C=O) groups excluding carboxylic acids is 2. The highest BCUT2D eigenvalue weighted by atomic mass is 16.6. The minimum absolute atomic E-state index is 0.219. The molecule has 0 bridgehead atoms. The van der Waals surface area contributed by atoms with Crippen molar-refractivity contribution in [2.24, 2.45) is 5.92 Å². The summed E-state index contributed by atoms with van der Waals surface area (Å²) in [7, 11) is 0. The maximum atomic E-state index is 12.7. The van der Waals surface area contributed by atoms with E-state index < -0.39 is 11.6 Å². The van der Waals surface area contributed by atoms with Crippen LogP contribution in [0.3, 0.4) is 0 Å². The Hall–Kier alpha value is -2.15. The molecule has 1 aromatic rings. The van der Waals surface area contributed by atoms with Crippen LogP contribution in [0.5, 0.6) is 0 Å². The Morgan fingerprint density at radius 1 is 1.37 bits per heavy atom. The zero-order chi connectivity index (χ0) is 20.2. The van der Waals surface area contributed by atoms with Crippen molar-refractivity contribution in [3.63, 3.8) is 0 Å². The van der Waals surface area contributed by atoms with Crippen LogP contribution in [0.2, 0.25) is 0 Å². The molecule has 1 fully saturated rings. The Labute approximate surface area is 161 Å². The number of nitrogens with one attached hydrogen (secondary N) is 1. The van der Waals surface area contributed by atoms with Crippen LogP contribution < -0.4 is 10.2 Å². The van der Waals surface area contributed by atoms with Crippen molar-refractivity contribution < 1.29 is 19.1 Å². The van der Waals surface area contributed by atoms with Crippen LogP contribution in [0, 0.1) is 5.92 Å². The van der Waals surface area contributed by atoms with Gasteiger partial charge in [-0.2, -0.15) is 0 Å². The smallest absolute Gasteiger partial charge is 0.342 e. The molecule has 1 aromatic heterocycles. The predicted molar refractivity (Wildman–Crippen MR) is 104 cm³/mol. The normalized spacial score (nSPS) is 20.0. The summed E-state index contributed by atoms with van der Waals surface area (Å²) in [5, 5.41) is 3.35. The maximum Gasteiger partial charge on any atom is 0.342 e. The highest BCUT2D eigenvalue weighted by molar-refractivity contribution is 5.95. The Morgan fingerprint density at radius 2 is 2.07 bits per heavy atom. The molecule has 27 heavy (non-hydrogen) atoms. The molecule has 1 N–H and O–H groups in total. The number of aromatic nitrogens is 1. The summed E-state index contributed by atoms with van der Waals surface area (Å²) in [4.78, 5) is 31.6. The number of ether oxygens (including phenoxy) is 2. The third-order valence-electron chi connectivity index (χ3n) is 4.14. The average molecular weight is 377 g/mol. The van der Waals surface area contributed by atoms with E-state index in [-0.39, 0.29) is 24.2 Å². The van der Waals surface area contributed by atoms with Crippen LogP contribution in [0.15, 0.2) is 18.3 Å². The molecule has 7 heteroatoms. The first-order valence-corrected chi connectivity index (χ1v) is 9.53. The molecule has 1 saturated heterocycles. The number of esters is 2. The molecule has 0 saturated carbocycles. The van der Waals surface area contributed by atoms with Crippen molar-refractivity contribution in [3.05, 3.63) is 23.9 Å². The molecule has 0 radical (unpaired) electrons. The fourth-order valence-electron chi connectivity index (χ4n) is 3.18. The molecule has 0 amide bonds. The van der Waals surface area contributed by atoms with Gasteiger partial charge in [0.25, 0.3) is 0 Å². The summed E-state index contributed by atoms with van der Waals surface area (Å²) >= 11 is 0. The standard InChI is InChI=1S/C20H31N3O4/c1-7-21-16-15(19(25)27-20(4,5)6)10-12-23(16)17-14(9-8-11-22-17)18(24)26-13(2)3/h8-9,11,13,15-16,21H,7,10,12H2,1-6H3. The van der Waals surface area contributed by atoms with E-state index in [9.17, 15) is 9.59 Å². The van der Waals surface area contributed by atoms with Gasteiger partial charge >= 0.3 is 11.9 Å². The van der Waals surface area contributed by atoms with Gasteiger partial charge in [-0.25, -0.2) is 9.78 Å². The van der Waals surface area contributed by atoms with Crippen LogP contribution in [-0.2, 0) is 14.3 Å². The monoisotopic (exact) mass is 377 g/mol. The molecular weight excluding hydrogens is 346 g/mol. The van der Waals surface area contributed by atoms with E-state index in [0.717, 1.165) is 0 Å². The summed E-state index contributed by atoms with van der Waals surface area (Å²) in [6.45, 7) is 12.5. The van der Waals surface area contributed by atoms with Gasteiger partial charge in [0, 0.05) is 12.7 Å². The van der Waals surface area contributed by atoms with Gasteiger partial charge in [0.2, 0.25) is 0 Å². The van der Waals surface area contributed by atoms with Crippen LogP contribution >= 0.6 is 0 Å². The molecule has 2 heterocycles. The van der Waals surface area contributed by atoms with Crippen molar-refractivity contribution in [3.8, 4) is 0 Å². The molecule has 2 unspecified atom stereocenters. The second-order valence-corrected chi connectivity index (χ2v) is 7.95. The van der Waals surface area contributed by atoms with Gasteiger partial charge in [-0.1, -0.05) is 6.92 Å². The van der Waals surface area contributed by atoms with E-state index in [1.165, 1.54) is 0 Å². The number of anilines is 1. The van der Waals surface area contributed by atoms with Gasteiger partial charge in [-0.3, -0.25) is 10.1 Å². The SMILES string of the molecule is CCNC1C(C(=O)OC(C)(C)C)CCN1c1ncccc1C(=O)OC(C)C. The van der Waals surface area contributed by atoms with Gasteiger partial charge < -0.3 is 14.4 Å². The minimum atomic E-state index is -0.543. The Bertz CT molecular complexity index is 669. The van der Waals surface area contributed by atoms with Gasteiger partial charge in [0.15, 0.2) is 0 Å². The van der Waals surface area contributed by atoms with E-state index in [0.29, 0.717) is 30.9 Å². The summed E-state index contributed by atoms with van der Waals surface area (Å²) in [5.41, 5.74) is -0.141. The lowest BCUT2D eigenvalue weighted by Gasteiger charge is -2.31. The van der Waals surface area contributed by atoms with Crippen LogP contribution in [0.1, 0.15) is 58.3 Å². The molecule has 1 aliphatic rings. The van der Waals surface area contributed by atoms with E-state index in [1.54, 1.807) is 18.3 Å². The zero-order valence-corrected chi connectivity index (χ0v) is 17.1. The van der Waals surface area contributed by atoms with Crippen molar-refractivity contribution in [1.29, 1.82) is 0 Å². The van der Waals surface area contributed by atoms with Gasteiger partial charge in [0.1, 0.15) is 17.0 Å². The van der Waals surface area contributed by atoms with Crippen LogP contribution in [-0.4, -0.2) is 47.9 Å². The second kappa shape index (κ2) is 8.69. The summed E-state index contributed by atoms with van der Waals surface area (Å²) in [6, 6.07) is 3.42. The molecule has 0 aromatic carbocycles. The quantitative estimate of drug-likeness (QED) is 0.764. The molecule has 150 valence electrons. The summed E-state index contributed by atoms with van der Waals surface area (Å²) < 4.78 is 10.9. The molecule has 2 atom stereocenters. The fraction of sp³-hybridized carbons (Fsp3) is 0.650. The number of carbonyl (C=O) groups is 2. The van der Waals surface area contributed by atoms with E-state index in [4.69, 9.17) is 9.47 Å². The van der Waals surface area contributed by atoms with Crippen molar-refractivity contribution in [2.45, 2.75) is 65.8 Å². The van der Waals surface area contributed by atoms with Gasteiger partial charge in [-0.05, 0) is 59.7 Å². The number of rotatable bonds is 6.